The number of nitrogens with one attached hydrogen (secondary N) is 1. The Hall–Kier alpha value is 0.270. The molecule has 1 aliphatic rings. The Bertz CT molecular complexity index is 115. The molecule has 1 atom stereocenters. The first kappa shape index (κ1) is 11.3. The summed E-state index contributed by atoms with van der Waals surface area (Å²) in [6.45, 7) is 2.65. The lowest BCUT2D eigenvalue weighted by atomic mass is 10.2. The molecule has 0 aromatic carbocycles. The molecule has 78 valence electrons. The lowest BCUT2D eigenvalue weighted by molar-refractivity contribution is 0.283. The van der Waals surface area contributed by atoms with Gasteiger partial charge in [-0.1, -0.05) is 0 Å². The minimum absolute atomic E-state index is 0.346. The smallest absolute Gasteiger partial charge is 0.0431 e. The Morgan fingerprint density at radius 2 is 2.23 bits per heavy atom. The van der Waals surface area contributed by atoms with E-state index in [4.69, 9.17) is 5.11 Å². The summed E-state index contributed by atoms with van der Waals surface area (Å²) >= 11 is 2.11. The van der Waals surface area contributed by atoms with Crippen LogP contribution < -0.4 is 5.32 Å². The first-order chi connectivity index (χ1) is 6.43. The molecule has 0 aliphatic carbocycles. The maximum atomic E-state index is 8.57. The van der Waals surface area contributed by atoms with Gasteiger partial charge in [-0.25, -0.2) is 0 Å². The molecule has 1 unspecified atom stereocenters. The fourth-order valence-electron chi connectivity index (χ4n) is 1.61. The normalized spacial score (nSPS) is 22.4. The summed E-state index contributed by atoms with van der Waals surface area (Å²) in [7, 11) is 0. The van der Waals surface area contributed by atoms with Gasteiger partial charge in [0.05, 0.1) is 0 Å². The first-order valence-electron chi connectivity index (χ1n) is 5.36. The fourth-order valence-corrected chi connectivity index (χ4v) is 2.84. The lowest BCUT2D eigenvalue weighted by Crippen LogP contribution is -2.24. The van der Waals surface area contributed by atoms with Gasteiger partial charge in [-0.05, 0) is 44.4 Å². The maximum absolute atomic E-state index is 8.57. The van der Waals surface area contributed by atoms with Crippen molar-refractivity contribution in [3.05, 3.63) is 0 Å². The quantitative estimate of drug-likeness (QED) is 0.617. The molecule has 1 rings (SSSR count). The zero-order chi connectivity index (χ0) is 9.36. The number of rotatable bonds is 7. The van der Waals surface area contributed by atoms with Gasteiger partial charge >= 0.3 is 0 Å². The predicted molar refractivity (Wildman–Crippen MR) is 59.3 cm³/mol. The van der Waals surface area contributed by atoms with Crippen LogP contribution in [0.5, 0.6) is 0 Å². The molecule has 0 spiro atoms. The number of thioether (sulfide) groups is 1. The average Bonchev–Trinajstić information content (AvgIpc) is 2.63. The van der Waals surface area contributed by atoms with E-state index >= 15 is 0 Å². The molecule has 2 N–H and O–H groups in total. The second-order valence-corrected chi connectivity index (χ2v) is 5.03. The molecular weight excluding hydrogens is 182 g/mol. The van der Waals surface area contributed by atoms with Crippen molar-refractivity contribution in [3.63, 3.8) is 0 Å². The molecule has 0 saturated carbocycles. The highest BCUT2D eigenvalue weighted by atomic mass is 32.2. The maximum Gasteiger partial charge on any atom is 0.0431 e. The van der Waals surface area contributed by atoms with Gasteiger partial charge in [0, 0.05) is 18.4 Å². The van der Waals surface area contributed by atoms with E-state index in [1.165, 1.54) is 31.6 Å². The summed E-state index contributed by atoms with van der Waals surface area (Å²) in [5.74, 6) is 1.36. The van der Waals surface area contributed by atoms with E-state index in [2.05, 4.69) is 17.1 Å². The minimum atomic E-state index is 0.346. The second-order valence-electron chi connectivity index (χ2n) is 3.62. The molecule has 1 fully saturated rings. The summed E-state index contributed by atoms with van der Waals surface area (Å²) in [5, 5.41) is 12.9. The molecule has 1 heterocycles. The van der Waals surface area contributed by atoms with Crippen molar-refractivity contribution in [3.8, 4) is 0 Å². The second kappa shape index (κ2) is 7.65. The Balaban J connectivity index is 1.78. The monoisotopic (exact) mass is 203 g/mol. The summed E-state index contributed by atoms with van der Waals surface area (Å²) < 4.78 is 0. The van der Waals surface area contributed by atoms with Crippen molar-refractivity contribution in [1.82, 2.24) is 5.32 Å². The van der Waals surface area contributed by atoms with Gasteiger partial charge in [0.2, 0.25) is 0 Å². The van der Waals surface area contributed by atoms with Crippen LogP contribution in [0.2, 0.25) is 0 Å². The highest BCUT2D eigenvalue weighted by Gasteiger charge is 2.13. The Kier molecular flexibility index (Phi) is 6.68. The van der Waals surface area contributed by atoms with Gasteiger partial charge in [-0.3, -0.25) is 0 Å². The van der Waals surface area contributed by atoms with Gasteiger partial charge in [-0.15, -0.1) is 0 Å². The SMILES string of the molecule is OCCCCCNCC1CCCS1. The van der Waals surface area contributed by atoms with E-state index in [1.54, 1.807) is 0 Å². The summed E-state index contributed by atoms with van der Waals surface area (Å²) in [5.41, 5.74) is 0. The van der Waals surface area contributed by atoms with E-state index in [0.29, 0.717) is 6.61 Å². The highest BCUT2D eigenvalue weighted by Crippen LogP contribution is 2.25. The van der Waals surface area contributed by atoms with Gasteiger partial charge in [0.25, 0.3) is 0 Å². The van der Waals surface area contributed by atoms with Gasteiger partial charge < -0.3 is 10.4 Å². The lowest BCUT2D eigenvalue weighted by Gasteiger charge is -2.09. The molecule has 0 aromatic heterocycles. The zero-order valence-electron chi connectivity index (χ0n) is 8.30. The third kappa shape index (κ3) is 5.55. The van der Waals surface area contributed by atoms with Crippen molar-refractivity contribution < 1.29 is 5.11 Å². The molecule has 0 amide bonds. The molecule has 0 bridgehead atoms. The molecule has 13 heavy (non-hydrogen) atoms. The molecule has 0 radical (unpaired) electrons. The van der Waals surface area contributed by atoms with Crippen LogP contribution in [0, 0.1) is 0 Å². The topological polar surface area (TPSA) is 32.3 Å². The standard InChI is InChI=1S/C10H21NOS/c12-7-3-1-2-6-11-9-10-5-4-8-13-10/h10-12H,1-9H2. The summed E-state index contributed by atoms with van der Waals surface area (Å²) in [4.78, 5) is 0. The van der Waals surface area contributed by atoms with Crippen LogP contribution in [0.3, 0.4) is 0 Å². The van der Waals surface area contributed by atoms with Crippen LogP contribution >= 0.6 is 11.8 Å². The van der Waals surface area contributed by atoms with Crippen molar-refractivity contribution in [2.45, 2.75) is 37.4 Å². The van der Waals surface area contributed by atoms with Crippen LogP contribution in [0.15, 0.2) is 0 Å². The van der Waals surface area contributed by atoms with Crippen LogP contribution in [0.4, 0.5) is 0 Å². The number of aliphatic hydroxyl groups is 1. The van der Waals surface area contributed by atoms with Gasteiger partial charge in [0.15, 0.2) is 0 Å². The van der Waals surface area contributed by atoms with Gasteiger partial charge in [0.1, 0.15) is 0 Å². The Labute approximate surface area is 85.5 Å². The number of hydrogen-bond donors (Lipinski definition) is 2. The Morgan fingerprint density at radius 3 is 2.92 bits per heavy atom. The predicted octanol–water partition coefficient (Wildman–Crippen LogP) is 1.63. The van der Waals surface area contributed by atoms with E-state index in [-0.39, 0.29) is 0 Å². The zero-order valence-corrected chi connectivity index (χ0v) is 9.11. The van der Waals surface area contributed by atoms with Crippen molar-refractivity contribution >= 4 is 11.8 Å². The van der Waals surface area contributed by atoms with Crippen molar-refractivity contribution in [1.29, 1.82) is 0 Å². The average molecular weight is 203 g/mol. The summed E-state index contributed by atoms with van der Waals surface area (Å²) in [6.07, 6.45) is 6.12. The fraction of sp³-hybridized carbons (Fsp3) is 1.00. The minimum Gasteiger partial charge on any atom is -0.396 e. The van der Waals surface area contributed by atoms with Crippen molar-refractivity contribution in [2.24, 2.45) is 0 Å². The molecule has 2 nitrogen and oxygen atoms in total. The molecule has 1 saturated heterocycles. The third-order valence-corrected chi connectivity index (χ3v) is 3.81. The van der Waals surface area contributed by atoms with Crippen LogP contribution in [-0.4, -0.2) is 35.8 Å². The van der Waals surface area contributed by atoms with E-state index in [1.807, 2.05) is 0 Å². The summed E-state index contributed by atoms with van der Waals surface area (Å²) in [6, 6.07) is 0. The van der Waals surface area contributed by atoms with Crippen LogP contribution in [-0.2, 0) is 0 Å². The highest BCUT2D eigenvalue weighted by molar-refractivity contribution is 8.00. The van der Waals surface area contributed by atoms with Crippen LogP contribution in [0.25, 0.3) is 0 Å². The molecule has 3 heteroatoms. The third-order valence-electron chi connectivity index (χ3n) is 2.41. The molecule has 0 aromatic rings. The van der Waals surface area contributed by atoms with Gasteiger partial charge in [-0.2, -0.15) is 11.8 Å². The number of hydrogen-bond acceptors (Lipinski definition) is 3. The van der Waals surface area contributed by atoms with E-state index in [0.717, 1.165) is 24.6 Å². The molecule has 1 aliphatic heterocycles. The number of unbranched alkanes of at least 4 members (excludes halogenated alkanes) is 2. The Morgan fingerprint density at radius 1 is 1.31 bits per heavy atom. The molecular formula is C10H21NOS. The number of aliphatic hydroxyl groups excluding tert-OH is 1. The van der Waals surface area contributed by atoms with E-state index in [9.17, 15) is 0 Å². The van der Waals surface area contributed by atoms with E-state index < -0.39 is 0 Å². The largest absolute Gasteiger partial charge is 0.396 e. The van der Waals surface area contributed by atoms with Crippen LogP contribution in [0.1, 0.15) is 32.1 Å². The first-order valence-corrected chi connectivity index (χ1v) is 6.41. The van der Waals surface area contributed by atoms with Crippen molar-refractivity contribution in [2.75, 3.05) is 25.4 Å².